The maximum atomic E-state index is 12.3. The highest BCUT2D eigenvalue weighted by molar-refractivity contribution is 6.04. The molecule has 0 unspecified atom stereocenters. The van der Waals surface area contributed by atoms with Crippen LogP contribution in [0.1, 0.15) is 23.2 Å². The lowest BCUT2D eigenvalue weighted by Gasteiger charge is -2.31. The summed E-state index contributed by atoms with van der Waals surface area (Å²) in [5.41, 5.74) is 5.35. The number of hydrogen-bond donors (Lipinski definition) is 4. The highest BCUT2D eigenvalue weighted by Crippen LogP contribution is 2.25. The Labute approximate surface area is 210 Å². The Morgan fingerprint density at radius 3 is 2.06 bits per heavy atom. The number of aliphatic hydroxyl groups excluding tert-OH is 1. The highest BCUT2D eigenvalue weighted by atomic mass is 16.3. The van der Waals surface area contributed by atoms with E-state index in [1.165, 1.54) is 5.69 Å². The van der Waals surface area contributed by atoms with Crippen LogP contribution in [0.5, 0.6) is 0 Å². The fourth-order valence-electron chi connectivity index (χ4n) is 4.21. The molecule has 1 aliphatic rings. The average Bonchev–Trinajstić information content (AvgIpc) is 3.34. The molecule has 0 spiro atoms. The van der Waals surface area contributed by atoms with E-state index in [1.807, 2.05) is 54.2 Å². The third-order valence-corrected chi connectivity index (χ3v) is 6.26. The van der Waals surface area contributed by atoms with Gasteiger partial charge in [-0.1, -0.05) is 0 Å². The summed E-state index contributed by atoms with van der Waals surface area (Å²) in [5.74, 6) is 0.524. The smallest absolute Gasteiger partial charge is 0.257 e. The molecule has 1 amide bonds. The quantitative estimate of drug-likeness (QED) is 0.292. The summed E-state index contributed by atoms with van der Waals surface area (Å²) in [4.78, 5) is 19.0. The van der Waals surface area contributed by atoms with Crippen molar-refractivity contribution < 1.29 is 9.90 Å². The Hall–Kier alpha value is -4.30. The van der Waals surface area contributed by atoms with E-state index in [4.69, 9.17) is 0 Å². The first-order valence-corrected chi connectivity index (χ1v) is 12.1. The van der Waals surface area contributed by atoms with Gasteiger partial charge in [0.1, 0.15) is 5.82 Å². The van der Waals surface area contributed by atoms with Gasteiger partial charge in [0.25, 0.3) is 5.91 Å². The molecule has 2 aromatic carbocycles. The molecular weight excluding hydrogens is 452 g/mol. The van der Waals surface area contributed by atoms with Crippen molar-refractivity contribution in [2.75, 3.05) is 33.9 Å². The average molecular weight is 483 g/mol. The molecule has 2 aromatic heterocycles. The number of piperidine rings is 1. The Morgan fingerprint density at radius 2 is 1.47 bits per heavy atom. The number of rotatable bonds is 7. The fraction of sp³-hybridized carbons (Fsp3) is 0.214. The van der Waals surface area contributed by atoms with Gasteiger partial charge in [-0.05, 0) is 79.6 Å². The molecule has 1 saturated heterocycles. The minimum atomic E-state index is -0.165. The molecule has 8 heteroatoms. The van der Waals surface area contributed by atoms with Crippen molar-refractivity contribution >= 4 is 40.2 Å². The number of aryl methyl sites for hydroxylation is 1. The summed E-state index contributed by atoms with van der Waals surface area (Å²) >= 11 is 0. The molecule has 4 aromatic rings. The Balaban J connectivity index is 1.13. The lowest BCUT2D eigenvalue weighted by atomic mass is 10.1. The highest BCUT2D eigenvalue weighted by Gasteiger charge is 2.17. The SMILES string of the molecule is Cn1ccc(C(=O)Nc2ccc(Nc3ccc(Nc4ccc(N5CCC(O)CC5)cc4)cc3)nc2)c1. The van der Waals surface area contributed by atoms with Gasteiger partial charge in [0, 0.05) is 55.3 Å². The molecule has 0 radical (unpaired) electrons. The molecule has 5 rings (SSSR count). The van der Waals surface area contributed by atoms with E-state index in [1.54, 1.807) is 18.5 Å². The number of hydrogen-bond acceptors (Lipinski definition) is 6. The summed E-state index contributed by atoms with van der Waals surface area (Å²) in [6.45, 7) is 1.78. The maximum absolute atomic E-state index is 12.3. The van der Waals surface area contributed by atoms with Gasteiger partial charge >= 0.3 is 0 Å². The number of carbonyl (C=O) groups is 1. The van der Waals surface area contributed by atoms with Crippen LogP contribution in [0.4, 0.5) is 34.3 Å². The number of amides is 1. The van der Waals surface area contributed by atoms with Gasteiger partial charge in [-0.2, -0.15) is 0 Å². The summed E-state index contributed by atoms with van der Waals surface area (Å²) in [6.07, 6.45) is 6.72. The first-order chi connectivity index (χ1) is 17.5. The molecule has 0 saturated carbocycles. The number of nitrogens with zero attached hydrogens (tertiary/aromatic N) is 3. The van der Waals surface area contributed by atoms with Gasteiger partial charge in [0.15, 0.2) is 0 Å². The van der Waals surface area contributed by atoms with E-state index in [0.717, 1.165) is 43.0 Å². The number of pyridine rings is 1. The van der Waals surface area contributed by atoms with Crippen LogP contribution in [0.25, 0.3) is 0 Å². The van der Waals surface area contributed by atoms with E-state index in [2.05, 4.69) is 50.1 Å². The van der Waals surface area contributed by atoms with Crippen molar-refractivity contribution in [3.8, 4) is 0 Å². The minimum absolute atomic E-state index is 0.164. The first-order valence-electron chi connectivity index (χ1n) is 12.1. The standard InChI is InChI=1S/C28H30N6O2/c1-33-15-12-20(19-33)28(36)32-24-8-11-27(29-18-24)31-23-4-2-21(3-5-23)30-22-6-9-25(10-7-22)34-16-13-26(35)14-17-34/h2-12,15,18-19,26,30,35H,13-14,16-17H2,1H3,(H,29,31)(H,32,36). The number of aliphatic hydroxyl groups is 1. The molecule has 184 valence electrons. The van der Waals surface area contributed by atoms with Crippen LogP contribution in [0.3, 0.4) is 0 Å². The molecule has 0 atom stereocenters. The van der Waals surface area contributed by atoms with Gasteiger partial charge in [-0.15, -0.1) is 0 Å². The zero-order valence-corrected chi connectivity index (χ0v) is 20.2. The fourth-order valence-corrected chi connectivity index (χ4v) is 4.21. The van der Waals surface area contributed by atoms with Gasteiger partial charge in [-0.25, -0.2) is 4.98 Å². The van der Waals surface area contributed by atoms with Crippen LogP contribution in [0, 0.1) is 0 Å². The molecule has 8 nitrogen and oxygen atoms in total. The topological polar surface area (TPSA) is 94.5 Å². The molecule has 0 bridgehead atoms. The minimum Gasteiger partial charge on any atom is -0.393 e. The van der Waals surface area contributed by atoms with Crippen LogP contribution in [-0.4, -0.2) is 39.8 Å². The van der Waals surface area contributed by atoms with Crippen molar-refractivity contribution in [3.63, 3.8) is 0 Å². The van der Waals surface area contributed by atoms with E-state index in [9.17, 15) is 9.90 Å². The number of carbonyl (C=O) groups excluding carboxylic acids is 1. The number of anilines is 6. The predicted octanol–water partition coefficient (Wildman–Crippen LogP) is 5.12. The van der Waals surface area contributed by atoms with Gasteiger partial charge in [0.05, 0.1) is 23.6 Å². The Kier molecular flexibility index (Phi) is 6.86. The van der Waals surface area contributed by atoms with E-state index >= 15 is 0 Å². The Bertz CT molecular complexity index is 1290. The third kappa shape index (κ3) is 5.84. The molecule has 1 aliphatic heterocycles. The summed E-state index contributed by atoms with van der Waals surface area (Å²) in [7, 11) is 1.88. The van der Waals surface area contributed by atoms with Crippen molar-refractivity contribution in [1.82, 2.24) is 9.55 Å². The predicted molar refractivity (Wildman–Crippen MR) is 145 cm³/mol. The normalized spacial score (nSPS) is 13.9. The number of benzene rings is 2. The molecule has 3 heterocycles. The van der Waals surface area contributed by atoms with Gasteiger partial charge in [-0.3, -0.25) is 4.79 Å². The molecule has 0 aliphatic carbocycles. The lowest BCUT2D eigenvalue weighted by Crippen LogP contribution is -2.35. The van der Waals surface area contributed by atoms with Crippen LogP contribution >= 0.6 is 0 Å². The second-order valence-corrected chi connectivity index (χ2v) is 9.04. The summed E-state index contributed by atoms with van der Waals surface area (Å²) in [5, 5.41) is 19.3. The van der Waals surface area contributed by atoms with E-state index < -0.39 is 0 Å². The van der Waals surface area contributed by atoms with Crippen molar-refractivity contribution in [3.05, 3.63) is 90.9 Å². The van der Waals surface area contributed by atoms with Gasteiger partial charge < -0.3 is 30.5 Å². The van der Waals surface area contributed by atoms with Gasteiger partial charge in [0.2, 0.25) is 0 Å². The van der Waals surface area contributed by atoms with Crippen molar-refractivity contribution in [2.45, 2.75) is 18.9 Å². The third-order valence-electron chi connectivity index (χ3n) is 6.26. The largest absolute Gasteiger partial charge is 0.393 e. The summed E-state index contributed by atoms with van der Waals surface area (Å²) < 4.78 is 1.83. The van der Waals surface area contributed by atoms with E-state index in [0.29, 0.717) is 17.1 Å². The van der Waals surface area contributed by atoms with Crippen molar-refractivity contribution in [1.29, 1.82) is 0 Å². The van der Waals surface area contributed by atoms with Crippen LogP contribution < -0.4 is 20.9 Å². The molecule has 1 fully saturated rings. The zero-order valence-electron chi connectivity index (χ0n) is 20.2. The molecule has 36 heavy (non-hydrogen) atoms. The maximum Gasteiger partial charge on any atom is 0.257 e. The monoisotopic (exact) mass is 482 g/mol. The summed E-state index contributed by atoms with van der Waals surface area (Å²) in [6, 6.07) is 21.8. The van der Waals surface area contributed by atoms with Crippen molar-refractivity contribution in [2.24, 2.45) is 7.05 Å². The Morgan fingerprint density at radius 1 is 0.861 bits per heavy atom. The van der Waals surface area contributed by atoms with Crippen LogP contribution in [0.15, 0.2) is 85.3 Å². The van der Waals surface area contributed by atoms with Crippen LogP contribution in [0.2, 0.25) is 0 Å². The lowest BCUT2D eigenvalue weighted by molar-refractivity contribution is 0.102. The first kappa shape index (κ1) is 23.4. The number of nitrogens with one attached hydrogen (secondary N) is 3. The van der Waals surface area contributed by atoms with Crippen LogP contribution in [-0.2, 0) is 7.05 Å². The second-order valence-electron chi connectivity index (χ2n) is 9.04. The zero-order chi connectivity index (χ0) is 24.9. The molecular formula is C28H30N6O2. The number of aromatic nitrogens is 2. The molecule has 4 N–H and O–H groups in total. The van der Waals surface area contributed by atoms with E-state index in [-0.39, 0.29) is 12.0 Å². The second kappa shape index (κ2) is 10.5.